The van der Waals surface area contributed by atoms with Gasteiger partial charge in [-0.2, -0.15) is 0 Å². The van der Waals surface area contributed by atoms with Gasteiger partial charge < -0.3 is 5.11 Å². The van der Waals surface area contributed by atoms with Crippen LogP contribution in [0.4, 0.5) is 0 Å². The highest BCUT2D eigenvalue weighted by Gasteiger charge is 2.19. The zero-order valence-electron chi connectivity index (χ0n) is 10.5. The predicted octanol–water partition coefficient (Wildman–Crippen LogP) is 4.76. The Labute approximate surface area is 112 Å². The Kier molecular flexibility index (Phi) is 4.63. The second kappa shape index (κ2) is 6.01. The molecule has 1 saturated carbocycles. The first-order valence-corrected chi connectivity index (χ1v) is 7.40. The van der Waals surface area contributed by atoms with Crippen molar-refractivity contribution in [2.45, 2.75) is 51.6 Å². The summed E-state index contributed by atoms with van der Waals surface area (Å²) in [4.78, 5) is 0. The lowest BCUT2D eigenvalue weighted by Crippen LogP contribution is -2.11. The number of rotatable bonds is 3. The van der Waals surface area contributed by atoms with Crippen LogP contribution in [-0.4, -0.2) is 5.11 Å². The van der Waals surface area contributed by atoms with E-state index in [4.69, 9.17) is 0 Å². The third-order valence-corrected chi connectivity index (χ3v) is 4.37. The molecule has 1 aliphatic rings. The van der Waals surface area contributed by atoms with Crippen molar-refractivity contribution in [2.24, 2.45) is 5.92 Å². The first-order chi connectivity index (χ1) is 8.16. The SMILES string of the molecule is Cc1ccc(Br)cc1C(O)CC1CCCCC1. The summed E-state index contributed by atoms with van der Waals surface area (Å²) >= 11 is 3.48. The summed E-state index contributed by atoms with van der Waals surface area (Å²) < 4.78 is 1.06. The lowest BCUT2D eigenvalue weighted by Gasteiger charge is -2.25. The molecule has 0 amide bonds. The maximum Gasteiger partial charge on any atom is 0.0795 e. The van der Waals surface area contributed by atoms with Crippen molar-refractivity contribution < 1.29 is 5.11 Å². The van der Waals surface area contributed by atoms with Gasteiger partial charge in [0.1, 0.15) is 0 Å². The first kappa shape index (κ1) is 13.1. The van der Waals surface area contributed by atoms with E-state index in [9.17, 15) is 5.11 Å². The Morgan fingerprint density at radius 2 is 2.00 bits per heavy atom. The fourth-order valence-corrected chi connectivity index (χ4v) is 3.21. The van der Waals surface area contributed by atoms with E-state index in [1.165, 1.54) is 37.7 Å². The molecule has 0 heterocycles. The topological polar surface area (TPSA) is 20.2 Å². The second-order valence-electron chi connectivity index (χ2n) is 5.26. The molecule has 0 spiro atoms. The molecule has 1 N–H and O–H groups in total. The minimum atomic E-state index is -0.296. The number of halogens is 1. The molecule has 1 unspecified atom stereocenters. The predicted molar refractivity (Wildman–Crippen MR) is 75.0 cm³/mol. The van der Waals surface area contributed by atoms with Gasteiger partial charge in [0.05, 0.1) is 6.10 Å². The van der Waals surface area contributed by atoms with Crippen LogP contribution in [0, 0.1) is 12.8 Å². The number of hydrogen-bond donors (Lipinski definition) is 1. The lowest BCUT2D eigenvalue weighted by molar-refractivity contribution is 0.131. The minimum Gasteiger partial charge on any atom is -0.388 e. The molecule has 1 aromatic rings. The Morgan fingerprint density at radius 1 is 1.29 bits per heavy atom. The van der Waals surface area contributed by atoms with Gasteiger partial charge in [0, 0.05) is 4.47 Å². The minimum absolute atomic E-state index is 0.296. The fourth-order valence-electron chi connectivity index (χ4n) is 2.84. The van der Waals surface area contributed by atoms with Crippen molar-refractivity contribution in [3.8, 4) is 0 Å². The average Bonchev–Trinajstić information content (AvgIpc) is 2.33. The Balaban J connectivity index is 2.02. The summed E-state index contributed by atoms with van der Waals surface area (Å²) in [5.41, 5.74) is 2.28. The lowest BCUT2D eigenvalue weighted by atomic mass is 9.83. The van der Waals surface area contributed by atoms with Gasteiger partial charge in [-0.3, -0.25) is 0 Å². The van der Waals surface area contributed by atoms with E-state index in [1.54, 1.807) is 0 Å². The Bertz CT molecular complexity index is 369. The molecule has 2 heteroatoms. The molecular formula is C15H21BrO. The number of aryl methyl sites for hydroxylation is 1. The molecular weight excluding hydrogens is 276 g/mol. The van der Waals surface area contributed by atoms with E-state index in [0.717, 1.165) is 22.4 Å². The van der Waals surface area contributed by atoms with E-state index >= 15 is 0 Å². The number of hydrogen-bond acceptors (Lipinski definition) is 1. The zero-order chi connectivity index (χ0) is 12.3. The van der Waals surface area contributed by atoms with Crippen molar-refractivity contribution in [2.75, 3.05) is 0 Å². The van der Waals surface area contributed by atoms with Crippen LogP contribution < -0.4 is 0 Å². The smallest absolute Gasteiger partial charge is 0.0795 e. The summed E-state index contributed by atoms with van der Waals surface area (Å²) in [6.07, 6.45) is 7.29. The molecule has 0 aliphatic heterocycles. The van der Waals surface area contributed by atoms with Crippen LogP contribution in [0.2, 0.25) is 0 Å². The van der Waals surface area contributed by atoms with E-state index in [-0.39, 0.29) is 6.10 Å². The Morgan fingerprint density at radius 3 is 2.71 bits per heavy atom. The van der Waals surface area contributed by atoms with Gasteiger partial charge in [-0.05, 0) is 42.5 Å². The van der Waals surface area contributed by atoms with Crippen LogP contribution in [0.1, 0.15) is 55.8 Å². The van der Waals surface area contributed by atoms with Gasteiger partial charge in [0.15, 0.2) is 0 Å². The maximum atomic E-state index is 10.4. The van der Waals surface area contributed by atoms with Gasteiger partial charge in [-0.25, -0.2) is 0 Å². The van der Waals surface area contributed by atoms with Gasteiger partial charge >= 0.3 is 0 Å². The van der Waals surface area contributed by atoms with E-state index in [1.807, 2.05) is 6.07 Å². The van der Waals surface area contributed by atoms with Crippen LogP contribution in [-0.2, 0) is 0 Å². The summed E-state index contributed by atoms with van der Waals surface area (Å²) in [6, 6.07) is 6.17. The molecule has 2 rings (SSSR count). The summed E-state index contributed by atoms with van der Waals surface area (Å²) in [5, 5.41) is 10.4. The number of aliphatic hydroxyl groups excluding tert-OH is 1. The third kappa shape index (κ3) is 3.56. The molecule has 1 fully saturated rings. The summed E-state index contributed by atoms with van der Waals surface area (Å²) in [7, 11) is 0. The highest BCUT2D eigenvalue weighted by atomic mass is 79.9. The normalized spacial score (nSPS) is 19.2. The molecule has 17 heavy (non-hydrogen) atoms. The molecule has 1 aromatic carbocycles. The molecule has 94 valence electrons. The molecule has 0 radical (unpaired) electrons. The van der Waals surface area contributed by atoms with Gasteiger partial charge in [0.2, 0.25) is 0 Å². The van der Waals surface area contributed by atoms with Crippen LogP contribution in [0.3, 0.4) is 0 Å². The number of benzene rings is 1. The van der Waals surface area contributed by atoms with E-state index in [2.05, 4.69) is 35.0 Å². The maximum absolute atomic E-state index is 10.4. The quantitative estimate of drug-likeness (QED) is 0.852. The van der Waals surface area contributed by atoms with Crippen molar-refractivity contribution in [1.82, 2.24) is 0 Å². The number of aliphatic hydroxyl groups is 1. The van der Waals surface area contributed by atoms with Gasteiger partial charge in [0.25, 0.3) is 0 Å². The van der Waals surface area contributed by atoms with Crippen molar-refractivity contribution >= 4 is 15.9 Å². The van der Waals surface area contributed by atoms with Crippen LogP contribution in [0.5, 0.6) is 0 Å². The first-order valence-electron chi connectivity index (χ1n) is 6.61. The van der Waals surface area contributed by atoms with Crippen molar-refractivity contribution in [3.05, 3.63) is 33.8 Å². The van der Waals surface area contributed by atoms with Gasteiger partial charge in [-0.15, -0.1) is 0 Å². The highest BCUT2D eigenvalue weighted by Crippen LogP contribution is 2.33. The van der Waals surface area contributed by atoms with E-state index < -0.39 is 0 Å². The second-order valence-corrected chi connectivity index (χ2v) is 6.17. The molecule has 0 saturated heterocycles. The van der Waals surface area contributed by atoms with Crippen LogP contribution in [0.25, 0.3) is 0 Å². The van der Waals surface area contributed by atoms with Crippen LogP contribution in [0.15, 0.2) is 22.7 Å². The summed E-state index contributed by atoms with van der Waals surface area (Å²) in [6.45, 7) is 2.08. The molecule has 1 atom stereocenters. The fraction of sp³-hybridized carbons (Fsp3) is 0.600. The van der Waals surface area contributed by atoms with E-state index in [0.29, 0.717) is 0 Å². The zero-order valence-corrected chi connectivity index (χ0v) is 12.0. The molecule has 0 aromatic heterocycles. The highest BCUT2D eigenvalue weighted by molar-refractivity contribution is 9.10. The standard InChI is InChI=1S/C15H21BrO/c1-11-7-8-13(16)10-14(11)15(17)9-12-5-3-2-4-6-12/h7-8,10,12,15,17H,2-6,9H2,1H3. The largest absolute Gasteiger partial charge is 0.388 e. The molecule has 1 nitrogen and oxygen atoms in total. The van der Waals surface area contributed by atoms with Crippen LogP contribution >= 0.6 is 15.9 Å². The monoisotopic (exact) mass is 296 g/mol. The van der Waals surface area contributed by atoms with Gasteiger partial charge in [-0.1, -0.05) is 54.1 Å². The third-order valence-electron chi connectivity index (χ3n) is 3.88. The molecule has 1 aliphatic carbocycles. The molecule has 0 bridgehead atoms. The average molecular weight is 297 g/mol. The van der Waals surface area contributed by atoms with Crippen molar-refractivity contribution in [3.63, 3.8) is 0 Å². The summed E-state index contributed by atoms with van der Waals surface area (Å²) in [5.74, 6) is 0.720. The Hall–Kier alpha value is -0.340. The van der Waals surface area contributed by atoms with Crippen molar-refractivity contribution in [1.29, 1.82) is 0 Å².